The molecule has 10 heteroatoms. The molecule has 1 heterocycles. The monoisotopic (exact) mass is 551 g/mol. The molecule has 198 valence electrons. The van der Waals surface area contributed by atoms with E-state index in [1.54, 1.807) is 42.6 Å². The second kappa shape index (κ2) is 11.8. The van der Waals surface area contributed by atoms with E-state index in [1.807, 2.05) is 44.2 Å². The first-order valence-electron chi connectivity index (χ1n) is 12.1. The van der Waals surface area contributed by atoms with Gasteiger partial charge in [0.2, 0.25) is 0 Å². The third-order valence-corrected chi connectivity index (χ3v) is 10.1. The van der Waals surface area contributed by atoms with Crippen molar-refractivity contribution in [2.45, 2.75) is 36.2 Å². The van der Waals surface area contributed by atoms with Gasteiger partial charge in [-0.05, 0) is 42.7 Å². The standard InChI is InChI=1S/C28H29N3O5S2/c1-22(2)19-25(36-30-20-24-12-9-11-23-13-10-18-29-28(23)24)21-31(37(32,33)26-14-5-3-6-15-26)38(34,35)27-16-7-4-8-17-27/h3-18,20,22,25H,19,21H2,1-2H3/b30-20+. The number of para-hydroxylation sites is 1. The van der Waals surface area contributed by atoms with E-state index in [9.17, 15) is 16.8 Å². The van der Waals surface area contributed by atoms with Crippen LogP contribution in [0.1, 0.15) is 25.8 Å². The molecule has 1 atom stereocenters. The van der Waals surface area contributed by atoms with Gasteiger partial charge >= 0.3 is 0 Å². The predicted molar refractivity (Wildman–Crippen MR) is 148 cm³/mol. The molecule has 0 fully saturated rings. The van der Waals surface area contributed by atoms with Crippen LogP contribution in [0.2, 0.25) is 0 Å². The van der Waals surface area contributed by atoms with Gasteiger partial charge in [-0.2, -0.15) is 0 Å². The maximum Gasteiger partial charge on any atom is 0.256 e. The molecule has 0 saturated carbocycles. The van der Waals surface area contributed by atoms with Gasteiger partial charge in [0.15, 0.2) is 0 Å². The van der Waals surface area contributed by atoms with Crippen LogP contribution < -0.4 is 0 Å². The lowest BCUT2D eigenvalue weighted by Gasteiger charge is -2.26. The van der Waals surface area contributed by atoms with Gasteiger partial charge in [0.05, 0.1) is 28.1 Å². The molecule has 0 aliphatic rings. The summed E-state index contributed by atoms with van der Waals surface area (Å²) < 4.78 is 55.2. The molecule has 0 aliphatic heterocycles. The van der Waals surface area contributed by atoms with Gasteiger partial charge in [0.25, 0.3) is 20.0 Å². The van der Waals surface area contributed by atoms with E-state index >= 15 is 0 Å². The number of benzene rings is 3. The van der Waals surface area contributed by atoms with Crippen LogP contribution in [0.5, 0.6) is 0 Å². The highest BCUT2D eigenvalue weighted by atomic mass is 32.3. The largest absolute Gasteiger partial charge is 0.391 e. The second-order valence-corrected chi connectivity index (χ2v) is 13.1. The molecule has 4 aromatic rings. The quantitative estimate of drug-likeness (QED) is 0.190. The number of hydrogen-bond donors (Lipinski definition) is 0. The van der Waals surface area contributed by atoms with E-state index in [0.29, 0.717) is 10.1 Å². The van der Waals surface area contributed by atoms with Crippen molar-refractivity contribution in [2.75, 3.05) is 6.54 Å². The minimum atomic E-state index is -4.44. The van der Waals surface area contributed by atoms with Crippen LogP contribution in [0.3, 0.4) is 0 Å². The number of oxime groups is 1. The first kappa shape index (κ1) is 27.4. The van der Waals surface area contributed by atoms with Crippen molar-refractivity contribution in [3.63, 3.8) is 0 Å². The number of hydrogen-bond acceptors (Lipinski definition) is 7. The molecule has 4 rings (SSSR count). The van der Waals surface area contributed by atoms with Crippen LogP contribution in [0, 0.1) is 5.92 Å². The van der Waals surface area contributed by atoms with Gasteiger partial charge in [-0.3, -0.25) is 4.98 Å². The Hall–Kier alpha value is -3.60. The summed E-state index contributed by atoms with van der Waals surface area (Å²) in [5.41, 5.74) is 1.46. The summed E-state index contributed by atoms with van der Waals surface area (Å²) in [6, 6.07) is 24.4. The fourth-order valence-electron chi connectivity index (χ4n) is 3.99. The van der Waals surface area contributed by atoms with Crippen LogP contribution in [-0.4, -0.2) is 44.4 Å². The summed E-state index contributed by atoms with van der Waals surface area (Å²) in [5, 5.41) is 5.06. The minimum absolute atomic E-state index is 0.0788. The molecule has 0 N–H and O–H groups in total. The topological polar surface area (TPSA) is 106 Å². The Morgan fingerprint density at radius 2 is 1.39 bits per heavy atom. The summed E-state index contributed by atoms with van der Waals surface area (Å²) in [6.07, 6.45) is 2.72. The van der Waals surface area contributed by atoms with E-state index in [2.05, 4.69) is 10.1 Å². The molecule has 8 nitrogen and oxygen atoms in total. The van der Waals surface area contributed by atoms with Crippen molar-refractivity contribution in [3.8, 4) is 0 Å². The Kier molecular flexibility index (Phi) is 8.55. The van der Waals surface area contributed by atoms with Crippen LogP contribution in [-0.2, 0) is 24.9 Å². The van der Waals surface area contributed by atoms with E-state index in [0.717, 1.165) is 16.5 Å². The Morgan fingerprint density at radius 1 is 0.816 bits per heavy atom. The zero-order chi connectivity index (χ0) is 27.2. The molecular formula is C28H29N3O5S2. The lowest BCUT2D eigenvalue weighted by atomic mass is 10.1. The maximum atomic E-state index is 13.7. The van der Waals surface area contributed by atoms with E-state index in [-0.39, 0.29) is 15.7 Å². The van der Waals surface area contributed by atoms with Gasteiger partial charge in [0.1, 0.15) is 6.10 Å². The number of aromatic nitrogens is 1. The van der Waals surface area contributed by atoms with E-state index in [4.69, 9.17) is 4.84 Å². The molecule has 3 aromatic carbocycles. The zero-order valence-corrected chi connectivity index (χ0v) is 22.7. The predicted octanol–water partition coefficient (Wildman–Crippen LogP) is 5.08. The normalized spacial score (nSPS) is 13.4. The summed E-state index contributed by atoms with van der Waals surface area (Å²) in [6.45, 7) is 3.44. The van der Waals surface area contributed by atoms with Crippen molar-refractivity contribution >= 4 is 37.2 Å². The number of sulfonamides is 2. The molecule has 0 bridgehead atoms. The minimum Gasteiger partial charge on any atom is -0.391 e. The van der Waals surface area contributed by atoms with Crippen molar-refractivity contribution in [1.82, 2.24) is 8.69 Å². The van der Waals surface area contributed by atoms with Gasteiger partial charge < -0.3 is 4.84 Å². The van der Waals surface area contributed by atoms with Crippen molar-refractivity contribution in [3.05, 3.63) is 103 Å². The Balaban J connectivity index is 1.69. The molecule has 0 spiro atoms. The SMILES string of the molecule is CC(C)CC(CN(S(=O)(=O)c1ccccc1)S(=O)(=O)c1ccccc1)O/N=C/c1cccc2cccnc12. The first-order valence-corrected chi connectivity index (χ1v) is 15.0. The van der Waals surface area contributed by atoms with Crippen molar-refractivity contribution in [1.29, 1.82) is 0 Å². The Morgan fingerprint density at radius 3 is 1.97 bits per heavy atom. The number of rotatable bonds is 11. The smallest absolute Gasteiger partial charge is 0.256 e. The highest BCUT2D eigenvalue weighted by Gasteiger charge is 2.39. The molecule has 0 amide bonds. The van der Waals surface area contributed by atoms with Crippen LogP contribution in [0.25, 0.3) is 10.9 Å². The Labute approximate surface area is 223 Å². The summed E-state index contributed by atoms with van der Waals surface area (Å²) in [5.74, 6) is 0.0788. The van der Waals surface area contributed by atoms with Crippen molar-refractivity contribution in [2.24, 2.45) is 11.1 Å². The number of fused-ring (bicyclic) bond motifs is 1. The summed E-state index contributed by atoms with van der Waals surface area (Å²) >= 11 is 0. The molecule has 0 radical (unpaired) electrons. The Bertz CT molecular complexity index is 1530. The average Bonchev–Trinajstić information content (AvgIpc) is 2.92. The van der Waals surface area contributed by atoms with Crippen LogP contribution >= 0.6 is 0 Å². The maximum absolute atomic E-state index is 13.7. The summed E-state index contributed by atoms with van der Waals surface area (Å²) in [7, 11) is -8.88. The van der Waals surface area contributed by atoms with Crippen LogP contribution in [0.4, 0.5) is 0 Å². The van der Waals surface area contributed by atoms with Gasteiger partial charge in [0, 0.05) is 17.1 Å². The average molecular weight is 552 g/mol. The van der Waals surface area contributed by atoms with Gasteiger partial charge in [-0.1, -0.05) is 83.4 Å². The lowest BCUT2D eigenvalue weighted by Crippen LogP contribution is -2.42. The zero-order valence-electron chi connectivity index (χ0n) is 21.1. The fourth-order valence-corrected chi connectivity index (χ4v) is 7.74. The third-order valence-electron chi connectivity index (χ3n) is 5.77. The molecule has 1 unspecified atom stereocenters. The van der Waals surface area contributed by atoms with Crippen molar-refractivity contribution < 1.29 is 21.7 Å². The number of pyridine rings is 1. The van der Waals surface area contributed by atoms with E-state index in [1.165, 1.54) is 30.5 Å². The van der Waals surface area contributed by atoms with E-state index < -0.39 is 32.7 Å². The highest BCUT2D eigenvalue weighted by molar-refractivity contribution is 8.04. The second-order valence-electron chi connectivity index (χ2n) is 9.11. The first-order chi connectivity index (χ1) is 18.2. The van der Waals surface area contributed by atoms with Crippen LogP contribution in [0.15, 0.2) is 112 Å². The van der Waals surface area contributed by atoms with Gasteiger partial charge in [-0.15, -0.1) is 0 Å². The molecule has 38 heavy (non-hydrogen) atoms. The highest BCUT2D eigenvalue weighted by Crippen LogP contribution is 2.26. The fraction of sp³-hybridized carbons (Fsp3) is 0.214. The molecule has 0 saturated heterocycles. The molecule has 0 aliphatic carbocycles. The molecular weight excluding hydrogens is 522 g/mol. The third kappa shape index (κ3) is 6.27. The lowest BCUT2D eigenvalue weighted by molar-refractivity contribution is 0.0408. The summed E-state index contributed by atoms with van der Waals surface area (Å²) in [4.78, 5) is 9.90. The molecule has 1 aromatic heterocycles. The number of nitrogens with zero attached hydrogens (tertiary/aromatic N) is 3. The van der Waals surface area contributed by atoms with Gasteiger partial charge in [-0.25, -0.2) is 16.8 Å².